The molecule has 1 aromatic heterocycles. The van der Waals surface area contributed by atoms with E-state index in [0.29, 0.717) is 50.4 Å². The molecule has 3 aliphatic rings. The van der Waals surface area contributed by atoms with Crippen LogP contribution in [0.4, 0.5) is 4.39 Å². The fourth-order valence-corrected chi connectivity index (χ4v) is 5.84. The van der Waals surface area contributed by atoms with Gasteiger partial charge in [0, 0.05) is 42.2 Å². The molecule has 0 bridgehead atoms. The topological polar surface area (TPSA) is 100 Å². The number of nitrogens with zero attached hydrogens (tertiary/aromatic N) is 4. The molecule has 0 spiro atoms. The lowest BCUT2D eigenvalue weighted by Crippen LogP contribution is -2.42. The molecule has 2 heterocycles. The van der Waals surface area contributed by atoms with Gasteiger partial charge in [-0.15, -0.1) is 0 Å². The van der Waals surface area contributed by atoms with Gasteiger partial charge >= 0.3 is 0 Å². The van der Waals surface area contributed by atoms with E-state index in [1.54, 1.807) is 21.7 Å². The number of aromatic nitrogens is 2. The first kappa shape index (κ1) is 26.2. The molecule has 1 N–H and O–H groups in total. The smallest absolute Gasteiger partial charge is 0.254 e. The Morgan fingerprint density at radius 1 is 1.02 bits per heavy atom. The lowest BCUT2D eigenvalue weighted by atomic mass is 9.75. The van der Waals surface area contributed by atoms with Crippen LogP contribution in [0.5, 0.6) is 0 Å². The van der Waals surface area contributed by atoms with Crippen LogP contribution >= 0.6 is 0 Å². The minimum atomic E-state index is -0.724. The predicted molar refractivity (Wildman–Crippen MR) is 146 cm³/mol. The van der Waals surface area contributed by atoms with Gasteiger partial charge in [-0.05, 0) is 67.6 Å². The number of nitriles is 1. The number of carbonyl (C=O) groups excluding carboxylic acids is 2. The van der Waals surface area contributed by atoms with Crippen LogP contribution in [0.2, 0.25) is 0 Å². The van der Waals surface area contributed by atoms with E-state index < -0.39 is 5.54 Å². The fourth-order valence-electron chi connectivity index (χ4n) is 5.84. The summed E-state index contributed by atoms with van der Waals surface area (Å²) in [5, 5.41) is 17.5. The Bertz CT molecular complexity index is 1430. The molecule has 40 heavy (non-hydrogen) atoms. The fraction of sp³-hybridized carbons (Fsp3) is 0.419. The first-order chi connectivity index (χ1) is 19.5. The lowest BCUT2D eigenvalue weighted by molar-refractivity contribution is -0.127. The Hall–Kier alpha value is -4.03. The highest BCUT2D eigenvalue weighted by molar-refractivity contribution is 5.95. The molecule has 0 unspecified atom stereocenters. The summed E-state index contributed by atoms with van der Waals surface area (Å²) in [4.78, 5) is 28.2. The number of rotatable bonds is 6. The van der Waals surface area contributed by atoms with Crippen molar-refractivity contribution in [2.24, 2.45) is 5.92 Å². The number of amides is 2. The molecule has 2 amide bonds. The summed E-state index contributed by atoms with van der Waals surface area (Å²) in [6.07, 6.45) is 6.75. The van der Waals surface area contributed by atoms with Gasteiger partial charge in [0.2, 0.25) is 5.91 Å². The molecule has 2 aromatic carbocycles. The second kappa shape index (κ2) is 10.9. The Balaban J connectivity index is 1.35. The quantitative estimate of drug-likeness (QED) is 0.492. The van der Waals surface area contributed by atoms with E-state index in [0.717, 1.165) is 42.5 Å². The van der Waals surface area contributed by atoms with Gasteiger partial charge in [0.15, 0.2) is 0 Å². The largest absolute Gasteiger partial charge is 0.378 e. The number of hydrogen-bond acceptors (Lipinski definition) is 5. The van der Waals surface area contributed by atoms with Gasteiger partial charge < -0.3 is 15.0 Å². The molecule has 2 aliphatic carbocycles. The highest BCUT2D eigenvalue weighted by Gasteiger charge is 2.47. The number of morpholine rings is 1. The molecule has 2 atom stereocenters. The normalized spacial score (nSPS) is 21.9. The number of benzene rings is 2. The highest BCUT2D eigenvalue weighted by Crippen LogP contribution is 2.43. The molecular weight excluding hydrogens is 509 g/mol. The van der Waals surface area contributed by atoms with Crippen LogP contribution in [0.1, 0.15) is 60.5 Å². The molecule has 9 heteroatoms. The van der Waals surface area contributed by atoms with Gasteiger partial charge in [-0.25, -0.2) is 9.07 Å². The van der Waals surface area contributed by atoms with Gasteiger partial charge in [0.1, 0.15) is 11.4 Å². The van der Waals surface area contributed by atoms with E-state index in [9.17, 15) is 19.2 Å². The third kappa shape index (κ3) is 5.24. The van der Waals surface area contributed by atoms with Gasteiger partial charge in [0.25, 0.3) is 5.91 Å². The van der Waals surface area contributed by atoms with Crippen molar-refractivity contribution >= 4 is 11.8 Å². The average Bonchev–Trinajstić information content (AvgIpc) is 3.64. The molecule has 206 valence electrons. The number of hydrogen-bond donors (Lipinski definition) is 1. The highest BCUT2D eigenvalue weighted by atomic mass is 19.1. The molecule has 8 nitrogen and oxygen atoms in total. The molecule has 3 fully saturated rings. The molecule has 1 saturated heterocycles. The minimum Gasteiger partial charge on any atom is -0.378 e. The van der Waals surface area contributed by atoms with E-state index in [-0.39, 0.29) is 29.5 Å². The molecule has 1 aliphatic heterocycles. The van der Waals surface area contributed by atoms with Crippen LogP contribution in [0.15, 0.2) is 54.7 Å². The van der Waals surface area contributed by atoms with E-state index in [2.05, 4.69) is 11.4 Å². The van der Waals surface area contributed by atoms with Crippen LogP contribution in [0.3, 0.4) is 0 Å². The van der Waals surface area contributed by atoms with Crippen LogP contribution in [0, 0.1) is 23.1 Å². The van der Waals surface area contributed by atoms with Crippen molar-refractivity contribution < 1.29 is 18.7 Å². The number of carbonyl (C=O) groups is 2. The summed E-state index contributed by atoms with van der Waals surface area (Å²) < 4.78 is 20.8. The van der Waals surface area contributed by atoms with Crippen LogP contribution < -0.4 is 5.32 Å². The average molecular weight is 542 g/mol. The maximum absolute atomic E-state index is 13.7. The summed E-state index contributed by atoms with van der Waals surface area (Å²) in [6.45, 7) is 2.24. The lowest BCUT2D eigenvalue weighted by Gasteiger charge is -2.31. The summed E-state index contributed by atoms with van der Waals surface area (Å²) in [6, 6.07) is 15.9. The molecular formula is C31H32FN5O3. The summed E-state index contributed by atoms with van der Waals surface area (Å²) in [5.41, 5.74) is 3.17. The Morgan fingerprint density at radius 3 is 2.40 bits per heavy atom. The summed E-state index contributed by atoms with van der Waals surface area (Å²) in [7, 11) is 0. The first-order valence-electron chi connectivity index (χ1n) is 14.0. The van der Waals surface area contributed by atoms with Crippen molar-refractivity contribution in [3.8, 4) is 22.9 Å². The van der Waals surface area contributed by atoms with Crippen molar-refractivity contribution in [1.29, 1.82) is 5.26 Å². The van der Waals surface area contributed by atoms with Gasteiger partial charge in [-0.3, -0.25) is 9.59 Å². The van der Waals surface area contributed by atoms with Crippen molar-refractivity contribution in [2.45, 2.75) is 50.0 Å². The maximum Gasteiger partial charge on any atom is 0.254 e. The van der Waals surface area contributed by atoms with Crippen LogP contribution in [0.25, 0.3) is 16.8 Å². The van der Waals surface area contributed by atoms with E-state index in [4.69, 9.17) is 9.84 Å². The summed E-state index contributed by atoms with van der Waals surface area (Å²) >= 11 is 0. The van der Waals surface area contributed by atoms with Gasteiger partial charge in [-0.1, -0.05) is 25.0 Å². The van der Waals surface area contributed by atoms with Crippen molar-refractivity contribution in [1.82, 2.24) is 20.0 Å². The molecule has 2 saturated carbocycles. The SMILES string of the molecule is N#CC1(NC(=O)[C@@H]2CCCC[C@H]2c2nn(-c3ccc(F)cc3)cc2-c2ccc(C(=O)N3CCOCC3)cc2)CC1. The summed E-state index contributed by atoms with van der Waals surface area (Å²) in [5.74, 6) is -0.857. The maximum atomic E-state index is 13.7. The van der Waals surface area contributed by atoms with E-state index in [1.807, 2.05) is 30.5 Å². The zero-order valence-corrected chi connectivity index (χ0v) is 22.3. The van der Waals surface area contributed by atoms with Crippen molar-refractivity contribution in [2.75, 3.05) is 26.3 Å². The predicted octanol–water partition coefficient (Wildman–Crippen LogP) is 4.60. The van der Waals surface area contributed by atoms with Crippen molar-refractivity contribution in [3.05, 3.63) is 71.8 Å². The molecule has 6 rings (SSSR count). The van der Waals surface area contributed by atoms with Gasteiger partial charge in [-0.2, -0.15) is 10.4 Å². The third-order valence-corrected chi connectivity index (χ3v) is 8.36. The second-order valence-corrected chi connectivity index (χ2v) is 11.0. The first-order valence-corrected chi connectivity index (χ1v) is 14.0. The molecule has 0 radical (unpaired) electrons. The standard InChI is InChI=1S/C31H32FN5O3/c32-23-9-11-24(12-10-23)37-19-27(21-5-7-22(8-6-21)30(39)36-15-17-40-18-16-36)28(35-37)25-3-1-2-4-26(25)29(38)34-31(20-33)13-14-31/h5-12,19,25-26H,1-4,13-18H2,(H,34,38)/t25-,26-/m1/s1. The van der Waals surface area contributed by atoms with E-state index >= 15 is 0 Å². The zero-order valence-electron chi connectivity index (χ0n) is 22.3. The Labute approximate surface area is 232 Å². The van der Waals surface area contributed by atoms with Crippen molar-refractivity contribution in [3.63, 3.8) is 0 Å². The van der Waals surface area contributed by atoms with Crippen LogP contribution in [-0.4, -0.2) is 58.3 Å². The van der Waals surface area contributed by atoms with E-state index in [1.165, 1.54) is 12.1 Å². The Kier molecular flexibility index (Phi) is 7.11. The number of nitrogens with one attached hydrogen (secondary N) is 1. The van der Waals surface area contributed by atoms with Gasteiger partial charge in [0.05, 0.1) is 30.7 Å². The zero-order chi connectivity index (χ0) is 27.7. The monoisotopic (exact) mass is 541 g/mol. The number of ether oxygens (including phenoxy) is 1. The third-order valence-electron chi connectivity index (χ3n) is 8.36. The number of halogens is 1. The van der Waals surface area contributed by atoms with Crippen LogP contribution in [-0.2, 0) is 9.53 Å². The Morgan fingerprint density at radius 2 is 1.73 bits per heavy atom. The second-order valence-electron chi connectivity index (χ2n) is 11.0. The minimum absolute atomic E-state index is 0.0207. The molecule has 3 aromatic rings.